The highest BCUT2D eigenvalue weighted by molar-refractivity contribution is 7.99. The van der Waals surface area contributed by atoms with Crippen LogP contribution >= 0.6 is 11.8 Å². The minimum atomic E-state index is -0.491. The van der Waals surface area contributed by atoms with E-state index >= 15 is 0 Å². The summed E-state index contributed by atoms with van der Waals surface area (Å²) in [7, 11) is 0. The molecule has 0 bridgehead atoms. The number of ether oxygens (including phenoxy) is 1. The zero-order chi connectivity index (χ0) is 9.68. The maximum atomic E-state index is 11.4. The first kappa shape index (κ1) is 10.6. The lowest BCUT2D eigenvalue weighted by molar-refractivity contribution is -0.151. The molecule has 1 fully saturated rings. The Bertz CT molecular complexity index is 203. The van der Waals surface area contributed by atoms with Crippen LogP contribution in [0.1, 0.15) is 19.8 Å². The number of carbonyl (C=O) groups is 2. The Morgan fingerprint density at radius 2 is 2.38 bits per heavy atom. The van der Waals surface area contributed by atoms with Crippen LogP contribution in [0.25, 0.3) is 0 Å². The van der Waals surface area contributed by atoms with Crippen LogP contribution in [0.2, 0.25) is 0 Å². The smallest absolute Gasteiger partial charge is 0.316 e. The van der Waals surface area contributed by atoms with E-state index in [1.807, 2.05) is 0 Å². The number of rotatable bonds is 2. The molecule has 0 aromatic rings. The van der Waals surface area contributed by atoms with Gasteiger partial charge in [-0.2, -0.15) is 11.8 Å². The van der Waals surface area contributed by atoms with Crippen molar-refractivity contribution in [2.45, 2.75) is 19.8 Å². The van der Waals surface area contributed by atoms with E-state index < -0.39 is 5.92 Å². The van der Waals surface area contributed by atoms with Crippen LogP contribution in [0, 0.1) is 5.92 Å². The zero-order valence-electron chi connectivity index (χ0n) is 7.75. The quantitative estimate of drug-likeness (QED) is 0.499. The molecule has 1 rings (SSSR count). The van der Waals surface area contributed by atoms with Gasteiger partial charge in [0, 0.05) is 12.2 Å². The van der Waals surface area contributed by atoms with Gasteiger partial charge in [-0.05, 0) is 19.1 Å². The van der Waals surface area contributed by atoms with Gasteiger partial charge in [-0.1, -0.05) is 0 Å². The van der Waals surface area contributed by atoms with Crippen LogP contribution in [0.5, 0.6) is 0 Å². The molecule has 0 unspecified atom stereocenters. The van der Waals surface area contributed by atoms with Crippen molar-refractivity contribution in [2.24, 2.45) is 5.92 Å². The minimum absolute atomic E-state index is 0.0449. The average Bonchev–Trinajstić information content (AvgIpc) is 2.30. The van der Waals surface area contributed by atoms with Gasteiger partial charge in [0.15, 0.2) is 0 Å². The molecular weight excluding hydrogens is 188 g/mol. The van der Waals surface area contributed by atoms with Gasteiger partial charge < -0.3 is 4.74 Å². The van der Waals surface area contributed by atoms with Crippen molar-refractivity contribution in [3.8, 4) is 0 Å². The zero-order valence-corrected chi connectivity index (χ0v) is 8.56. The SMILES string of the molecule is CCOC(=O)[C@@H]1CCSCCC1=O. The fourth-order valence-electron chi connectivity index (χ4n) is 1.30. The van der Waals surface area contributed by atoms with Crippen molar-refractivity contribution in [1.82, 2.24) is 0 Å². The molecule has 13 heavy (non-hydrogen) atoms. The van der Waals surface area contributed by atoms with E-state index in [0.29, 0.717) is 19.4 Å². The Morgan fingerprint density at radius 3 is 3.08 bits per heavy atom. The van der Waals surface area contributed by atoms with Crippen LogP contribution in [0.4, 0.5) is 0 Å². The molecule has 0 aromatic carbocycles. The van der Waals surface area contributed by atoms with E-state index in [1.54, 1.807) is 18.7 Å². The Hall–Kier alpha value is -0.510. The summed E-state index contributed by atoms with van der Waals surface area (Å²) in [5.74, 6) is 0.942. The number of esters is 1. The van der Waals surface area contributed by atoms with Crippen LogP contribution < -0.4 is 0 Å². The van der Waals surface area contributed by atoms with Gasteiger partial charge in [0.25, 0.3) is 0 Å². The highest BCUT2D eigenvalue weighted by Gasteiger charge is 2.28. The highest BCUT2D eigenvalue weighted by Crippen LogP contribution is 2.20. The maximum Gasteiger partial charge on any atom is 0.316 e. The number of thioether (sulfide) groups is 1. The largest absolute Gasteiger partial charge is 0.465 e. The summed E-state index contributed by atoms with van der Waals surface area (Å²) < 4.78 is 4.84. The van der Waals surface area contributed by atoms with Crippen molar-refractivity contribution < 1.29 is 14.3 Å². The molecule has 1 aliphatic heterocycles. The van der Waals surface area contributed by atoms with Crippen molar-refractivity contribution >= 4 is 23.5 Å². The first-order valence-corrected chi connectivity index (χ1v) is 5.68. The molecule has 0 amide bonds. The first-order valence-electron chi connectivity index (χ1n) is 4.52. The van der Waals surface area contributed by atoms with Crippen molar-refractivity contribution in [3.05, 3.63) is 0 Å². The minimum Gasteiger partial charge on any atom is -0.465 e. The Morgan fingerprint density at radius 1 is 1.62 bits per heavy atom. The molecule has 0 radical (unpaired) electrons. The number of hydrogen-bond acceptors (Lipinski definition) is 4. The number of hydrogen-bond donors (Lipinski definition) is 0. The van der Waals surface area contributed by atoms with Crippen LogP contribution in [0.3, 0.4) is 0 Å². The Kier molecular flexibility index (Phi) is 4.28. The topological polar surface area (TPSA) is 43.4 Å². The summed E-state index contributed by atoms with van der Waals surface area (Å²) in [5, 5.41) is 0. The number of ketones is 1. The lowest BCUT2D eigenvalue weighted by Crippen LogP contribution is -2.25. The second-order valence-electron chi connectivity index (χ2n) is 2.92. The molecule has 0 N–H and O–H groups in total. The first-order chi connectivity index (χ1) is 6.25. The summed E-state index contributed by atoms with van der Waals surface area (Å²) >= 11 is 1.73. The highest BCUT2D eigenvalue weighted by atomic mass is 32.2. The van der Waals surface area contributed by atoms with Gasteiger partial charge in [0.1, 0.15) is 11.7 Å². The molecule has 0 aliphatic carbocycles. The molecule has 1 heterocycles. The van der Waals surface area contributed by atoms with Crippen LogP contribution in [-0.4, -0.2) is 29.9 Å². The van der Waals surface area contributed by atoms with Gasteiger partial charge in [-0.15, -0.1) is 0 Å². The molecule has 1 aliphatic rings. The monoisotopic (exact) mass is 202 g/mol. The molecule has 74 valence electrons. The normalized spacial score (nSPS) is 23.8. The van der Waals surface area contributed by atoms with Crippen molar-refractivity contribution in [1.29, 1.82) is 0 Å². The van der Waals surface area contributed by atoms with Gasteiger partial charge in [0.05, 0.1) is 6.61 Å². The second kappa shape index (κ2) is 5.27. The fourth-order valence-corrected chi connectivity index (χ4v) is 2.26. The maximum absolute atomic E-state index is 11.4. The van der Waals surface area contributed by atoms with E-state index in [-0.39, 0.29) is 11.8 Å². The molecule has 4 heteroatoms. The van der Waals surface area contributed by atoms with E-state index in [2.05, 4.69) is 0 Å². The summed E-state index contributed by atoms with van der Waals surface area (Å²) in [6.07, 6.45) is 1.15. The fraction of sp³-hybridized carbons (Fsp3) is 0.778. The molecule has 3 nitrogen and oxygen atoms in total. The molecule has 0 aromatic heterocycles. The summed E-state index contributed by atoms with van der Waals surface area (Å²) in [6, 6.07) is 0. The third kappa shape index (κ3) is 3.03. The van der Waals surface area contributed by atoms with E-state index in [0.717, 1.165) is 11.5 Å². The summed E-state index contributed by atoms with van der Waals surface area (Å²) in [6.45, 7) is 2.11. The van der Waals surface area contributed by atoms with Crippen molar-refractivity contribution in [2.75, 3.05) is 18.1 Å². The van der Waals surface area contributed by atoms with Gasteiger partial charge >= 0.3 is 5.97 Å². The van der Waals surface area contributed by atoms with Crippen LogP contribution in [0.15, 0.2) is 0 Å². The van der Waals surface area contributed by atoms with E-state index in [1.165, 1.54) is 0 Å². The number of carbonyl (C=O) groups excluding carboxylic acids is 2. The predicted octanol–water partition coefficient (Wildman–Crippen LogP) is 1.26. The Labute approximate surface area is 82.2 Å². The van der Waals surface area contributed by atoms with E-state index in [9.17, 15) is 9.59 Å². The van der Waals surface area contributed by atoms with Gasteiger partial charge in [-0.3, -0.25) is 9.59 Å². The van der Waals surface area contributed by atoms with Gasteiger partial charge in [0.2, 0.25) is 0 Å². The summed E-state index contributed by atoms with van der Waals surface area (Å²) in [5.41, 5.74) is 0. The standard InChI is InChI=1S/C9H14O3S/c1-2-12-9(11)7-3-5-13-6-4-8(7)10/h7H,2-6H2,1H3/t7-/m1/s1. The summed E-state index contributed by atoms with van der Waals surface area (Å²) in [4.78, 5) is 22.7. The molecule has 1 saturated heterocycles. The lowest BCUT2D eigenvalue weighted by atomic mass is 10.00. The Balaban J connectivity index is 2.53. The predicted molar refractivity (Wildman–Crippen MR) is 51.7 cm³/mol. The van der Waals surface area contributed by atoms with Crippen molar-refractivity contribution in [3.63, 3.8) is 0 Å². The van der Waals surface area contributed by atoms with Gasteiger partial charge in [-0.25, -0.2) is 0 Å². The third-order valence-corrected chi connectivity index (χ3v) is 3.02. The number of Topliss-reactive ketones (excluding diaryl/α,β-unsaturated/α-hetero) is 1. The molecule has 0 saturated carbocycles. The second-order valence-corrected chi connectivity index (χ2v) is 4.15. The lowest BCUT2D eigenvalue weighted by Gasteiger charge is -2.10. The van der Waals surface area contributed by atoms with E-state index in [4.69, 9.17) is 4.74 Å². The molecular formula is C9H14O3S. The third-order valence-electron chi connectivity index (χ3n) is 2.00. The average molecular weight is 202 g/mol. The van der Waals surface area contributed by atoms with Crippen LogP contribution in [-0.2, 0) is 14.3 Å². The molecule has 0 spiro atoms. The molecule has 1 atom stereocenters.